The van der Waals surface area contributed by atoms with Gasteiger partial charge >= 0.3 is 0 Å². The zero-order valence-corrected chi connectivity index (χ0v) is 14.4. The molecule has 3 nitrogen and oxygen atoms in total. The molecule has 0 atom stereocenters. The van der Waals surface area contributed by atoms with Crippen molar-refractivity contribution in [2.24, 2.45) is 0 Å². The molecular formula is C18H36N2O. The average Bonchev–Trinajstić information content (AvgIpc) is 2.95. The van der Waals surface area contributed by atoms with Crippen LogP contribution in [0.1, 0.15) is 78.1 Å². The van der Waals surface area contributed by atoms with Crippen molar-refractivity contribution < 1.29 is 4.74 Å². The highest BCUT2D eigenvalue weighted by Crippen LogP contribution is 2.10. The van der Waals surface area contributed by atoms with Gasteiger partial charge in [-0.05, 0) is 12.8 Å². The predicted octanol–water partition coefficient (Wildman–Crippen LogP) is 4.95. The zero-order valence-electron chi connectivity index (χ0n) is 14.4. The summed E-state index contributed by atoms with van der Waals surface area (Å²) in [5, 5.41) is 0. The summed E-state index contributed by atoms with van der Waals surface area (Å²) in [6.07, 6.45) is 17.8. The molecular weight excluding hydrogens is 260 g/mol. The molecule has 0 saturated heterocycles. The maximum absolute atomic E-state index is 5.76. The monoisotopic (exact) mass is 296 g/mol. The highest BCUT2D eigenvalue weighted by atomic mass is 16.5. The molecule has 3 heteroatoms. The minimum atomic E-state index is 0.746. The predicted molar refractivity (Wildman–Crippen MR) is 90.9 cm³/mol. The Labute approximate surface area is 132 Å². The topological polar surface area (TPSA) is 15.7 Å². The van der Waals surface area contributed by atoms with Gasteiger partial charge in [0.05, 0.1) is 6.67 Å². The second kappa shape index (κ2) is 13.0. The van der Waals surface area contributed by atoms with Crippen LogP contribution < -0.4 is 0 Å². The fraction of sp³-hybridized carbons (Fsp3) is 0.889. The third kappa shape index (κ3) is 9.78. The zero-order chi connectivity index (χ0) is 15.2. The van der Waals surface area contributed by atoms with Gasteiger partial charge in [-0.2, -0.15) is 0 Å². The Morgan fingerprint density at radius 3 is 2.10 bits per heavy atom. The second-order valence-electron chi connectivity index (χ2n) is 6.21. The van der Waals surface area contributed by atoms with Crippen molar-refractivity contribution in [1.29, 1.82) is 0 Å². The Morgan fingerprint density at radius 2 is 1.38 bits per heavy atom. The van der Waals surface area contributed by atoms with Crippen LogP contribution >= 0.6 is 0 Å². The van der Waals surface area contributed by atoms with Crippen molar-refractivity contribution in [3.63, 3.8) is 0 Å². The first-order valence-corrected chi connectivity index (χ1v) is 9.11. The van der Waals surface area contributed by atoms with Gasteiger partial charge in [-0.1, -0.05) is 65.2 Å². The smallest absolute Gasteiger partial charge is 0.119 e. The van der Waals surface area contributed by atoms with E-state index < -0.39 is 0 Å². The van der Waals surface area contributed by atoms with E-state index in [9.17, 15) is 0 Å². The molecule has 1 heterocycles. The molecule has 0 fully saturated rings. The molecule has 0 aromatic carbocycles. The van der Waals surface area contributed by atoms with E-state index in [0.29, 0.717) is 0 Å². The third-order valence-electron chi connectivity index (χ3n) is 4.05. The number of hydrogen-bond donors (Lipinski definition) is 0. The van der Waals surface area contributed by atoms with Crippen molar-refractivity contribution in [1.82, 2.24) is 9.80 Å². The lowest BCUT2D eigenvalue weighted by atomic mass is 10.1. The van der Waals surface area contributed by atoms with E-state index in [0.717, 1.165) is 20.0 Å². The first kappa shape index (κ1) is 18.3. The summed E-state index contributed by atoms with van der Waals surface area (Å²) in [7, 11) is 0. The molecule has 0 bridgehead atoms. The molecule has 0 saturated carbocycles. The highest BCUT2D eigenvalue weighted by molar-refractivity contribution is 4.89. The summed E-state index contributed by atoms with van der Waals surface area (Å²) in [6, 6.07) is 0. The van der Waals surface area contributed by atoms with Crippen molar-refractivity contribution >= 4 is 0 Å². The van der Waals surface area contributed by atoms with Gasteiger partial charge in [0.25, 0.3) is 0 Å². The molecule has 21 heavy (non-hydrogen) atoms. The van der Waals surface area contributed by atoms with Crippen LogP contribution in [0.5, 0.6) is 0 Å². The maximum atomic E-state index is 5.76. The molecule has 0 N–H and O–H groups in total. The maximum Gasteiger partial charge on any atom is 0.119 e. The largest absolute Gasteiger partial charge is 0.361 e. The van der Waals surface area contributed by atoms with Crippen LogP contribution in [0.2, 0.25) is 0 Å². The minimum absolute atomic E-state index is 0.746. The quantitative estimate of drug-likeness (QED) is 0.422. The number of ether oxygens (including phenoxy) is 1. The minimum Gasteiger partial charge on any atom is -0.361 e. The number of nitrogens with zero attached hydrogens (tertiary/aromatic N) is 2. The average molecular weight is 296 g/mol. The van der Waals surface area contributed by atoms with Crippen molar-refractivity contribution in [3.8, 4) is 0 Å². The molecule has 1 aliphatic rings. The first-order valence-electron chi connectivity index (χ1n) is 9.11. The van der Waals surface area contributed by atoms with Crippen LogP contribution in [0.3, 0.4) is 0 Å². The van der Waals surface area contributed by atoms with Crippen molar-refractivity contribution in [2.45, 2.75) is 78.1 Å². The van der Waals surface area contributed by atoms with E-state index in [1.807, 2.05) is 0 Å². The summed E-state index contributed by atoms with van der Waals surface area (Å²) in [5.41, 5.74) is 0. The summed E-state index contributed by atoms with van der Waals surface area (Å²) >= 11 is 0. The number of rotatable bonds is 14. The molecule has 0 aliphatic carbocycles. The van der Waals surface area contributed by atoms with Gasteiger partial charge in [0, 0.05) is 25.6 Å². The van der Waals surface area contributed by atoms with Crippen LogP contribution in [-0.2, 0) is 4.74 Å². The van der Waals surface area contributed by atoms with Crippen LogP contribution in [0.25, 0.3) is 0 Å². The summed E-state index contributed by atoms with van der Waals surface area (Å²) in [5.74, 6) is 0. The fourth-order valence-corrected chi connectivity index (χ4v) is 2.63. The number of hydrogen-bond acceptors (Lipinski definition) is 3. The van der Waals surface area contributed by atoms with Gasteiger partial charge in [0.1, 0.15) is 6.73 Å². The lowest BCUT2D eigenvalue weighted by molar-refractivity contribution is 0.0424. The molecule has 124 valence electrons. The van der Waals surface area contributed by atoms with Crippen molar-refractivity contribution in [3.05, 3.63) is 12.4 Å². The van der Waals surface area contributed by atoms with E-state index in [2.05, 4.69) is 36.0 Å². The molecule has 0 spiro atoms. The van der Waals surface area contributed by atoms with E-state index in [4.69, 9.17) is 4.74 Å². The Kier molecular flexibility index (Phi) is 11.4. The van der Waals surface area contributed by atoms with E-state index >= 15 is 0 Å². The van der Waals surface area contributed by atoms with E-state index in [1.165, 1.54) is 70.8 Å². The fourth-order valence-electron chi connectivity index (χ4n) is 2.63. The standard InChI is InChI=1S/C18H36N2O/c1-3-5-7-8-9-10-11-12-16-21-18-20-15-14-19(17-20)13-6-4-2/h14-15H,3-13,16-18H2,1-2H3. The van der Waals surface area contributed by atoms with Gasteiger partial charge in [0.15, 0.2) is 0 Å². The Morgan fingerprint density at radius 1 is 0.762 bits per heavy atom. The van der Waals surface area contributed by atoms with Gasteiger partial charge < -0.3 is 14.5 Å². The SMILES string of the molecule is CCCCCCCCCCOCN1C=CN(CCCC)C1. The molecule has 0 aromatic rings. The van der Waals surface area contributed by atoms with Crippen LogP contribution in [0.4, 0.5) is 0 Å². The lowest BCUT2D eigenvalue weighted by Crippen LogP contribution is -2.27. The molecule has 0 unspecified atom stereocenters. The number of unbranched alkanes of at least 4 members (excludes halogenated alkanes) is 8. The van der Waals surface area contributed by atoms with Crippen LogP contribution in [0, 0.1) is 0 Å². The Bertz CT molecular complexity index is 256. The van der Waals surface area contributed by atoms with E-state index in [-0.39, 0.29) is 0 Å². The van der Waals surface area contributed by atoms with Crippen molar-refractivity contribution in [2.75, 3.05) is 26.6 Å². The van der Waals surface area contributed by atoms with Crippen LogP contribution in [0.15, 0.2) is 12.4 Å². The molecule has 1 rings (SSSR count). The van der Waals surface area contributed by atoms with Gasteiger partial charge in [-0.25, -0.2) is 0 Å². The Hall–Kier alpha value is -0.700. The van der Waals surface area contributed by atoms with Crippen LogP contribution in [-0.4, -0.2) is 36.4 Å². The normalized spacial score (nSPS) is 14.4. The lowest BCUT2D eigenvalue weighted by Gasteiger charge is -2.20. The third-order valence-corrected chi connectivity index (χ3v) is 4.05. The molecule has 0 aromatic heterocycles. The van der Waals surface area contributed by atoms with E-state index in [1.54, 1.807) is 0 Å². The molecule has 0 radical (unpaired) electrons. The molecule has 1 aliphatic heterocycles. The summed E-state index contributed by atoms with van der Waals surface area (Å²) in [6.45, 7) is 8.34. The van der Waals surface area contributed by atoms with Gasteiger partial charge in [-0.3, -0.25) is 0 Å². The summed E-state index contributed by atoms with van der Waals surface area (Å²) in [4.78, 5) is 4.61. The summed E-state index contributed by atoms with van der Waals surface area (Å²) < 4.78 is 5.76. The molecule has 0 amide bonds. The van der Waals surface area contributed by atoms with Gasteiger partial charge in [-0.15, -0.1) is 0 Å². The highest BCUT2D eigenvalue weighted by Gasteiger charge is 2.10. The van der Waals surface area contributed by atoms with Gasteiger partial charge in [0.2, 0.25) is 0 Å². The Balaban J connectivity index is 1.82. The second-order valence-corrected chi connectivity index (χ2v) is 6.21. The first-order chi connectivity index (χ1) is 10.4.